The maximum Gasteiger partial charge on any atom is 0.407 e. The first-order valence-corrected chi connectivity index (χ1v) is 11.7. The number of benzene rings is 3. The zero-order chi connectivity index (χ0) is 24.4. The minimum Gasteiger partial charge on any atom is -0.480 e. The largest absolute Gasteiger partial charge is 0.480 e. The summed E-state index contributed by atoms with van der Waals surface area (Å²) in [5.41, 5.74) is 5.39. The van der Waals surface area contributed by atoms with Gasteiger partial charge in [0, 0.05) is 18.4 Å². The summed E-state index contributed by atoms with van der Waals surface area (Å²) in [6, 6.07) is 24.7. The number of piperidine rings is 1. The second kappa shape index (κ2) is 9.62. The molecule has 7 heteroatoms. The first kappa shape index (κ1) is 22.7. The lowest BCUT2D eigenvalue weighted by Crippen LogP contribution is -2.56. The molecule has 0 saturated carbocycles. The van der Waals surface area contributed by atoms with Crippen LogP contribution < -0.4 is 5.32 Å². The minimum absolute atomic E-state index is 0.0939. The number of carbonyl (C=O) groups is 3. The number of likely N-dealkylation sites (tertiary alicyclic amines) is 1. The third-order valence-corrected chi connectivity index (χ3v) is 6.86. The molecule has 178 valence electrons. The van der Waals surface area contributed by atoms with Crippen LogP contribution in [0.5, 0.6) is 0 Å². The number of fused-ring (bicyclic) bond motifs is 3. The molecule has 2 atom stereocenters. The summed E-state index contributed by atoms with van der Waals surface area (Å²) in [7, 11) is 0. The van der Waals surface area contributed by atoms with Crippen LogP contribution >= 0.6 is 0 Å². The average molecular weight is 471 g/mol. The summed E-state index contributed by atoms with van der Waals surface area (Å²) >= 11 is 0. The van der Waals surface area contributed by atoms with Crippen molar-refractivity contribution in [1.82, 2.24) is 10.2 Å². The molecular weight excluding hydrogens is 444 g/mol. The second-order valence-corrected chi connectivity index (χ2v) is 8.91. The van der Waals surface area contributed by atoms with Crippen molar-refractivity contribution in [3.63, 3.8) is 0 Å². The molecular formula is C28H26N2O5. The van der Waals surface area contributed by atoms with Crippen molar-refractivity contribution in [3.05, 3.63) is 95.6 Å². The normalized spacial score (nSPS) is 19.1. The van der Waals surface area contributed by atoms with Gasteiger partial charge in [0.2, 0.25) is 5.91 Å². The molecule has 1 heterocycles. The first-order valence-electron chi connectivity index (χ1n) is 11.7. The zero-order valence-corrected chi connectivity index (χ0v) is 19.1. The van der Waals surface area contributed by atoms with E-state index in [0.29, 0.717) is 13.0 Å². The number of rotatable bonds is 6. The van der Waals surface area contributed by atoms with Crippen LogP contribution in [0.1, 0.15) is 34.9 Å². The van der Waals surface area contributed by atoms with Gasteiger partial charge in [0.25, 0.3) is 0 Å². The molecule has 1 fully saturated rings. The van der Waals surface area contributed by atoms with E-state index in [9.17, 15) is 19.5 Å². The van der Waals surface area contributed by atoms with E-state index >= 15 is 0 Å². The van der Waals surface area contributed by atoms with E-state index in [0.717, 1.165) is 27.8 Å². The summed E-state index contributed by atoms with van der Waals surface area (Å²) < 4.78 is 5.65. The Kier molecular flexibility index (Phi) is 6.23. The molecule has 2 N–H and O–H groups in total. The zero-order valence-electron chi connectivity index (χ0n) is 19.1. The number of carboxylic acids is 1. The van der Waals surface area contributed by atoms with E-state index < -0.39 is 30.6 Å². The van der Waals surface area contributed by atoms with E-state index in [4.69, 9.17) is 4.74 Å². The van der Waals surface area contributed by atoms with Crippen molar-refractivity contribution in [2.75, 3.05) is 19.7 Å². The van der Waals surface area contributed by atoms with Crippen LogP contribution in [0.4, 0.5) is 4.79 Å². The molecule has 2 amide bonds. The van der Waals surface area contributed by atoms with Gasteiger partial charge in [0.1, 0.15) is 19.2 Å². The molecule has 1 aliphatic heterocycles. The highest BCUT2D eigenvalue weighted by Gasteiger charge is 2.39. The second-order valence-electron chi connectivity index (χ2n) is 8.91. The number of hydrogen-bond donors (Lipinski definition) is 2. The van der Waals surface area contributed by atoms with Crippen LogP contribution in [0.2, 0.25) is 0 Å². The number of nitrogens with zero attached hydrogens (tertiary/aromatic N) is 1. The van der Waals surface area contributed by atoms with Crippen LogP contribution in [0.3, 0.4) is 0 Å². The Morgan fingerprint density at radius 2 is 1.51 bits per heavy atom. The maximum absolute atomic E-state index is 13.2. The number of aliphatic carboxylic acids is 1. The highest BCUT2D eigenvalue weighted by molar-refractivity contribution is 5.90. The topological polar surface area (TPSA) is 95.9 Å². The van der Waals surface area contributed by atoms with Gasteiger partial charge in [0.15, 0.2) is 0 Å². The molecule has 0 aromatic heterocycles. The fourth-order valence-electron chi connectivity index (χ4n) is 5.25. The van der Waals surface area contributed by atoms with Gasteiger partial charge in [-0.25, -0.2) is 4.79 Å². The number of carboxylic acid groups (broad SMARTS) is 1. The highest BCUT2D eigenvalue weighted by Crippen LogP contribution is 2.44. The molecule has 5 rings (SSSR count). The number of amides is 2. The van der Waals surface area contributed by atoms with Crippen molar-refractivity contribution in [2.45, 2.75) is 24.3 Å². The lowest BCUT2D eigenvalue weighted by Gasteiger charge is -2.37. The average Bonchev–Trinajstić information content (AvgIpc) is 3.19. The number of ether oxygens (including phenoxy) is 1. The van der Waals surface area contributed by atoms with Gasteiger partial charge >= 0.3 is 12.1 Å². The molecule has 7 nitrogen and oxygen atoms in total. The maximum atomic E-state index is 13.2. The molecule has 35 heavy (non-hydrogen) atoms. The third-order valence-electron chi connectivity index (χ3n) is 6.86. The number of hydrogen-bond acceptors (Lipinski definition) is 4. The van der Waals surface area contributed by atoms with Gasteiger partial charge in [-0.15, -0.1) is 0 Å². The fraction of sp³-hybridized carbons (Fsp3) is 0.250. The smallest absolute Gasteiger partial charge is 0.407 e. The Morgan fingerprint density at radius 1 is 0.914 bits per heavy atom. The van der Waals surface area contributed by atoms with Gasteiger partial charge in [-0.3, -0.25) is 9.59 Å². The highest BCUT2D eigenvalue weighted by atomic mass is 16.5. The minimum atomic E-state index is -1.09. The summed E-state index contributed by atoms with van der Waals surface area (Å²) in [4.78, 5) is 38.6. The molecule has 0 unspecified atom stereocenters. The molecule has 0 radical (unpaired) electrons. The first-order chi connectivity index (χ1) is 17.0. The van der Waals surface area contributed by atoms with E-state index in [2.05, 4.69) is 17.4 Å². The Bertz CT molecular complexity index is 1210. The van der Waals surface area contributed by atoms with Crippen LogP contribution in [0.15, 0.2) is 78.9 Å². The Hall–Kier alpha value is -4.13. The van der Waals surface area contributed by atoms with E-state index in [1.807, 2.05) is 66.7 Å². The predicted octanol–water partition coefficient (Wildman–Crippen LogP) is 3.99. The fourth-order valence-corrected chi connectivity index (χ4v) is 5.25. The molecule has 2 aliphatic rings. The van der Waals surface area contributed by atoms with Crippen molar-refractivity contribution < 1.29 is 24.2 Å². The van der Waals surface area contributed by atoms with Crippen LogP contribution in [0, 0.1) is 0 Å². The predicted molar refractivity (Wildman–Crippen MR) is 130 cm³/mol. The van der Waals surface area contributed by atoms with Crippen molar-refractivity contribution in [2.24, 2.45) is 0 Å². The number of nitrogens with one attached hydrogen (secondary N) is 1. The number of carbonyl (C=O) groups excluding carboxylic acids is 2. The summed E-state index contributed by atoms with van der Waals surface area (Å²) in [6.07, 6.45) is -0.152. The van der Waals surface area contributed by atoms with Gasteiger partial charge < -0.3 is 20.1 Å². The lowest BCUT2D eigenvalue weighted by molar-refractivity contribution is -0.147. The van der Waals surface area contributed by atoms with Crippen molar-refractivity contribution in [1.29, 1.82) is 0 Å². The summed E-state index contributed by atoms with van der Waals surface area (Å²) in [5.74, 6) is -1.87. The Morgan fingerprint density at radius 3 is 2.14 bits per heavy atom. The van der Waals surface area contributed by atoms with E-state index in [-0.39, 0.29) is 18.4 Å². The summed E-state index contributed by atoms with van der Waals surface area (Å²) in [5, 5.41) is 11.9. The third kappa shape index (κ3) is 4.49. The molecule has 1 aliphatic carbocycles. The van der Waals surface area contributed by atoms with E-state index in [1.165, 1.54) is 4.90 Å². The number of alkyl carbamates (subject to hydrolysis) is 1. The monoisotopic (exact) mass is 470 g/mol. The van der Waals surface area contributed by atoms with Crippen molar-refractivity contribution in [3.8, 4) is 11.1 Å². The molecule has 0 spiro atoms. The van der Waals surface area contributed by atoms with Gasteiger partial charge in [0.05, 0.1) is 0 Å². The van der Waals surface area contributed by atoms with Gasteiger partial charge in [-0.05, 0) is 34.2 Å². The van der Waals surface area contributed by atoms with Gasteiger partial charge in [-0.2, -0.15) is 0 Å². The molecule has 1 saturated heterocycles. The van der Waals surface area contributed by atoms with Crippen LogP contribution in [0.25, 0.3) is 11.1 Å². The Labute approximate surface area is 203 Å². The molecule has 3 aromatic rings. The standard InChI is InChI=1S/C28H26N2O5/c31-25(32)16-30-15-14-19(18-8-2-1-3-9-18)26(27(30)33)29-28(34)35-17-24-22-12-6-4-10-20(22)21-11-5-7-13-23(21)24/h1-13,19,24,26H,14-17H2,(H,29,34)(H,31,32)/t19-,26-/m1/s1. The SMILES string of the molecule is O=C(O)CN1CC[C@H](c2ccccc2)[C@@H](NC(=O)OCC2c3ccccc3-c3ccccc32)C1=O. The lowest BCUT2D eigenvalue weighted by atomic mass is 9.84. The van der Waals surface area contributed by atoms with Crippen LogP contribution in [-0.2, 0) is 14.3 Å². The summed E-state index contributed by atoms with van der Waals surface area (Å²) in [6.45, 7) is 0.0480. The molecule has 0 bridgehead atoms. The quantitative estimate of drug-likeness (QED) is 0.568. The van der Waals surface area contributed by atoms with Gasteiger partial charge in [-0.1, -0.05) is 78.9 Å². The van der Waals surface area contributed by atoms with Crippen LogP contribution in [-0.4, -0.2) is 53.7 Å². The Balaban J connectivity index is 1.32. The van der Waals surface area contributed by atoms with Crippen molar-refractivity contribution >= 4 is 18.0 Å². The molecule has 3 aromatic carbocycles. The van der Waals surface area contributed by atoms with E-state index in [1.54, 1.807) is 0 Å².